The molecule has 0 bridgehead atoms. The Kier molecular flexibility index (Phi) is 2.75. The molecule has 0 spiro atoms. The lowest BCUT2D eigenvalue weighted by Gasteiger charge is -2.01. The Morgan fingerprint density at radius 2 is 2.20 bits per heavy atom. The van der Waals surface area contributed by atoms with Gasteiger partial charge in [0.05, 0.1) is 0 Å². The molecule has 1 aromatic rings. The summed E-state index contributed by atoms with van der Waals surface area (Å²) in [5, 5.41) is 0.844. The molecule has 0 radical (unpaired) electrons. The smallest absolute Gasteiger partial charge is 0.0449 e. The molecule has 1 aromatic carbocycles. The second-order valence-electron chi connectivity index (χ2n) is 2.05. The van der Waals surface area contributed by atoms with E-state index in [9.17, 15) is 0 Å². The predicted molar refractivity (Wildman–Crippen MR) is 48.5 cm³/mol. The third-order valence-corrected chi connectivity index (χ3v) is 2.51. The van der Waals surface area contributed by atoms with Gasteiger partial charge in [0.25, 0.3) is 0 Å². The zero-order valence-electron chi connectivity index (χ0n) is 5.70. The first kappa shape index (κ1) is 8.09. The highest BCUT2D eigenvalue weighted by Crippen LogP contribution is 2.24. The van der Waals surface area contributed by atoms with Crippen LogP contribution in [-0.4, -0.2) is 0 Å². The van der Waals surface area contributed by atoms with Gasteiger partial charge < -0.3 is 0 Å². The van der Waals surface area contributed by atoms with Crippen molar-refractivity contribution in [2.45, 2.75) is 13.3 Å². The quantitative estimate of drug-likeness (QED) is 0.676. The van der Waals surface area contributed by atoms with Crippen molar-refractivity contribution in [1.82, 2.24) is 0 Å². The van der Waals surface area contributed by atoms with E-state index in [0.29, 0.717) is 0 Å². The molecule has 0 aliphatic heterocycles. The summed E-state index contributed by atoms with van der Waals surface area (Å²) in [5.41, 5.74) is 1.18. The molecule has 0 fully saturated rings. The molecular weight excluding hydrogens is 211 g/mol. The first-order chi connectivity index (χ1) is 4.75. The summed E-state index contributed by atoms with van der Waals surface area (Å²) in [5.74, 6) is 0. The standard InChI is InChI=1S/C8H8BrCl/c1-2-6-7(9)4-3-5-8(6)10/h3-5H,2H2,1H3. The number of rotatable bonds is 1. The highest BCUT2D eigenvalue weighted by Gasteiger charge is 1.99. The summed E-state index contributed by atoms with van der Waals surface area (Å²) in [4.78, 5) is 0. The lowest BCUT2D eigenvalue weighted by molar-refractivity contribution is 1.13. The number of hydrogen-bond acceptors (Lipinski definition) is 0. The van der Waals surface area contributed by atoms with Gasteiger partial charge >= 0.3 is 0 Å². The molecular formula is C8H8BrCl. The summed E-state index contributed by atoms with van der Waals surface area (Å²) in [6, 6.07) is 5.85. The van der Waals surface area contributed by atoms with Crippen LogP contribution in [0.5, 0.6) is 0 Å². The van der Waals surface area contributed by atoms with Crippen LogP contribution in [0, 0.1) is 0 Å². The van der Waals surface area contributed by atoms with Gasteiger partial charge in [-0.2, -0.15) is 0 Å². The van der Waals surface area contributed by atoms with Crippen LogP contribution in [0.2, 0.25) is 5.02 Å². The van der Waals surface area contributed by atoms with Crippen LogP contribution in [0.25, 0.3) is 0 Å². The van der Waals surface area contributed by atoms with Crippen LogP contribution in [0.1, 0.15) is 12.5 Å². The molecule has 2 heteroatoms. The second-order valence-corrected chi connectivity index (χ2v) is 3.32. The molecule has 10 heavy (non-hydrogen) atoms. The average molecular weight is 220 g/mol. The fraction of sp³-hybridized carbons (Fsp3) is 0.250. The van der Waals surface area contributed by atoms with Gasteiger partial charge in [0.2, 0.25) is 0 Å². The lowest BCUT2D eigenvalue weighted by Crippen LogP contribution is -1.82. The first-order valence-electron chi connectivity index (χ1n) is 3.18. The van der Waals surface area contributed by atoms with Crippen LogP contribution < -0.4 is 0 Å². The largest absolute Gasteiger partial charge is 0.0840 e. The zero-order chi connectivity index (χ0) is 7.56. The third kappa shape index (κ3) is 1.53. The Balaban J connectivity index is 3.17. The van der Waals surface area contributed by atoms with Gasteiger partial charge in [-0.1, -0.05) is 40.5 Å². The SMILES string of the molecule is CCc1c(Cl)cccc1Br. The van der Waals surface area contributed by atoms with Crippen molar-refractivity contribution in [1.29, 1.82) is 0 Å². The molecule has 0 amide bonds. The van der Waals surface area contributed by atoms with Crippen molar-refractivity contribution in [3.05, 3.63) is 33.3 Å². The van der Waals surface area contributed by atoms with Gasteiger partial charge in [0.1, 0.15) is 0 Å². The second kappa shape index (κ2) is 3.40. The van der Waals surface area contributed by atoms with Crippen molar-refractivity contribution in [3.63, 3.8) is 0 Å². The molecule has 54 valence electrons. The minimum absolute atomic E-state index is 0.844. The van der Waals surface area contributed by atoms with Crippen molar-refractivity contribution in [2.75, 3.05) is 0 Å². The normalized spacial score (nSPS) is 9.90. The highest BCUT2D eigenvalue weighted by molar-refractivity contribution is 9.10. The fourth-order valence-electron chi connectivity index (χ4n) is 0.870. The maximum absolute atomic E-state index is 5.90. The molecule has 1 rings (SSSR count). The van der Waals surface area contributed by atoms with E-state index in [4.69, 9.17) is 11.6 Å². The van der Waals surface area contributed by atoms with E-state index in [1.165, 1.54) is 5.56 Å². The Morgan fingerprint density at radius 3 is 2.60 bits per heavy atom. The summed E-state index contributed by atoms with van der Waals surface area (Å²) < 4.78 is 1.10. The van der Waals surface area contributed by atoms with Crippen molar-refractivity contribution in [2.24, 2.45) is 0 Å². The summed E-state index contributed by atoms with van der Waals surface area (Å²) in [6.07, 6.45) is 0.972. The van der Waals surface area contributed by atoms with Gasteiger partial charge in [-0.25, -0.2) is 0 Å². The van der Waals surface area contributed by atoms with E-state index >= 15 is 0 Å². The number of hydrogen-bond donors (Lipinski definition) is 0. The monoisotopic (exact) mass is 218 g/mol. The molecule has 0 N–H and O–H groups in total. The third-order valence-electron chi connectivity index (χ3n) is 1.42. The number of benzene rings is 1. The van der Waals surface area contributed by atoms with Gasteiger partial charge in [-0.05, 0) is 24.1 Å². The van der Waals surface area contributed by atoms with Crippen LogP contribution in [0.15, 0.2) is 22.7 Å². The summed E-state index contributed by atoms with van der Waals surface area (Å²) >= 11 is 9.32. The molecule has 0 aromatic heterocycles. The van der Waals surface area contributed by atoms with Gasteiger partial charge in [0, 0.05) is 9.50 Å². The number of halogens is 2. The van der Waals surface area contributed by atoms with E-state index in [0.717, 1.165) is 15.9 Å². The van der Waals surface area contributed by atoms with E-state index < -0.39 is 0 Å². The Morgan fingerprint density at radius 1 is 1.50 bits per heavy atom. The fourth-order valence-corrected chi connectivity index (χ4v) is 1.94. The Labute approximate surface area is 74.3 Å². The van der Waals surface area contributed by atoms with Crippen molar-refractivity contribution < 1.29 is 0 Å². The van der Waals surface area contributed by atoms with Crippen molar-refractivity contribution in [3.8, 4) is 0 Å². The molecule has 0 unspecified atom stereocenters. The van der Waals surface area contributed by atoms with Crippen LogP contribution in [0.4, 0.5) is 0 Å². The molecule has 0 saturated carbocycles. The van der Waals surface area contributed by atoms with Gasteiger partial charge in [-0.15, -0.1) is 0 Å². The Bertz CT molecular complexity index is 212. The van der Waals surface area contributed by atoms with Crippen LogP contribution in [-0.2, 0) is 6.42 Å². The molecule has 0 heterocycles. The summed E-state index contributed by atoms with van der Waals surface area (Å²) in [6.45, 7) is 2.09. The topological polar surface area (TPSA) is 0 Å². The minimum atomic E-state index is 0.844. The maximum atomic E-state index is 5.90. The molecule has 0 atom stereocenters. The van der Waals surface area contributed by atoms with Crippen molar-refractivity contribution >= 4 is 27.5 Å². The highest BCUT2D eigenvalue weighted by atomic mass is 79.9. The maximum Gasteiger partial charge on any atom is 0.0449 e. The molecule has 0 saturated heterocycles. The van der Waals surface area contributed by atoms with Crippen LogP contribution >= 0.6 is 27.5 Å². The zero-order valence-corrected chi connectivity index (χ0v) is 8.04. The Hall–Kier alpha value is -0.0100. The van der Waals surface area contributed by atoms with Gasteiger partial charge in [0.15, 0.2) is 0 Å². The summed E-state index contributed by atoms with van der Waals surface area (Å²) in [7, 11) is 0. The molecule has 0 aliphatic carbocycles. The molecule has 0 nitrogen and oxygen atoms in total. The minimum Gasteiger partial charge on any atom is -0.0840 e. The first-order valence-corrected chi connectivity index (χ1v) is 4.35. The predicted octanol–water partition coefficient (Wildman–Crippen LogP) is 3.66. The van der Waals surface area contributed by atoms with E-state index in [1.807, 2.05) is 18.2 Å². The van der Waals surface area contributed by atoms with E-state index in [2.05, 4.69) is 22.9 Å². The van der Waals surface area contributed by atoms with E-state index in [1.54, 1.807) is 0 Å². The lowest BCUT2D eigenvalue weighted by atomic mass is 10.2. The molecule has 0 aliphatic rings. The van der Waals surface area contributed by atoms with Crippen LogP contribution in [0.3, 0.4) is 0 Å². The van der Waals surface area contributed by atoms with E-state index in [-0.39, 0.29) is 0 Å². The average Bonchev–Trinajstić information content (AvgIpc) is 1.88. The van der Waals surface area contributed by atoms with Gasteiger partial charge in [-0.3, -0.25) is 0 Å².